The van der Waals surface area contributed by atoms with Gasteiger partial charge in [0.2, 0.25) is 5.91 Å². The fourth-order valence-corrected chi connectivity index (χ4v) is 1.53. The molecule has 2 rings (SSSR count). The first-order valence-electron chi connectivity index (χ1n) is 4.89. The van der Waals surface area contributed by atoms with Crippen LogP contribution in [0.25, 0.3) is 10.9 Å². The molecule has 0 aliphatic rings. The van der Waals surface area contributed by atoms with Crippen LogP contribution in [0.2, 0.25) is 0 Å². The van der Waals surface area contributed by atoms with Gasteiger partial charge in [-0.1, -0.05) is 12.1 Å². The molecule has 1 heterocycles. The van der Waals surface area contributed by atoms with E-state index in [2.05, 4.69) is 10.3 Å². The van der Waals surface area contributed by atoms with E-state index >= 15 is 0 Å². The van der Waals surface area contributed by atoms with Crippen molar-refractivity contribution >= 4 is 28.3 Å². The first-order valence-corrected chi connectivity index (χ1v) is 4.89. The number of benzene rings is 1. The molecule has 0 atom stereocenters. The number of nitrogens with one attached hydrogen (secondary N) is 1. The molecule has 0 saturated heterocycles. The second-order valence-corrected chi connectivity index (χ2v) is 3.48. The van der Waals surface area contributed by atoms with E-state index in [0.29, 0.717) is 11.2 Å². The number of carbonyl (C=O) groups excluding carboxylic acids is 1. The Hall–Kier alpha value is -2.50. The summed E-state index contributed by atoms with van der Waals surface area (Å²) >= 11 is 0. The number of hydrogen-bond donors (Lipinski definition) is 1. The van der Waals surface area contributed by atoms with Gasteiger partial charge in [0.25, 0.3) is 5.69 Å². The summed E-state index contributed by atoms with van der Waals surface area (Å²) in [4.78, 5) is 25.3. The molecule has 6 heteroatoms. The van der Waals surface area contributed by atoms with Crippen LogP contribution in [0.1, 0.15) is 6.92 Å². The Labute approximate surface area is 96.4 Å². The molecule has 0 fully saturated rings. The second-order valence-electron chi connectivity index (χ2n) is 3.48. The molecule has 0 aliphatic heterocycles. The summed E-state index contributed by atoms with van der Waals surface area (Å²) in [7, 11) is 0. The molecule has 0 bridgehead atoms. The number of rotatable bonds is 2. The van der Waals surface area contributed by atoms with Gasteiger partial charge in [-0.3, -0.25) is 14.9 Å². The average molecular weight is 231 g/mol. The lowest BCUT2D eigenvalue weighted by molar-refractivity contribution is -0.383. The number of carbonyl (C=O) groups is 1. The van der Waals surface area contributed by atoms with E-state index in [1.54, 1.807) is 24.3 Å². The molecule has 0 unspecified atom stereocenters. The van der Waals surface area contributed by atoms with Crippen molar-refractivity contribution in [2.24, 2.45) is 0 Å². The Kier molecular flexibility index (Phi) is 2.70. The molecular weight excluding hydrogens is 222 g/mol. The third-order valence-corrected chi connectivity index (χ3v) is 2.20. The van der Waals surface area contributed by atoms with Crippen LogP contribution in [0, 0.1) is 10.1 Å². The SMILES string of the molecule is CC(=O)Nc1ccc2cccc([N+](=O)[O-])c2n1. The van der Waals surface area contributed by atoms with Gasteiger partial charge >= 0.3 is 0 Å². The van der Waals surface area contributed by atoms with E-state index < -0.39 is 4.92 Å². The maximum Gasteiger partial charge on any atom is 0.295 e. The summed E-state index contributed by atoms with van der Waals surface area (Å²) in [5.74, 6) is 0.0368. The minimum Gasteiger partial charge on any atom is -0.311 e. The molecule has 1 aromatic heterocycles. The molecule has 1 aromatic carbocycles. The summed E-state index contributed by atoms with van der Waals surface area (Å²) in [6, 6.07) is 7.99. The van der Waals surface area contributed by atoms with Crippen molar-refractivity contribution in [1.29, 1.82) is 0 Å². The normalized spacial score (nSPS) is 10.2. The number of para-hydroxylation sites is 1. The van der Waals surface area contributed by atoms with Gasteiger partial charge in [0.1, 0.15) is 5.82 Å². The molecule has 1 amide bonds. The van der Waals surface area contributed by atoms with Gasteiger partial charge in [-0.25, -0.2) is 4.98 Å². The van der Waals surface area contributed by atoms with E-state index in [9.17, 15) is 14.9 Å². The molecule has 0 spiro atoms. The fraction of sp³-hybridized carbons (Fsp3) is 0.0909. The highest BCUT2D eigenvalue weighted by Crippen LogP contribution is 2.24. The van der Waals surface area contributed by atoms with Gasteiger partial charge in [-0.2, -0.15) is 0 Å². The van der Waals surface area contributed by atoms with Gasteiger partial charge in [-0.05, 0) is 12.1 Å². The van der Waals surface area contributed by atoms with Crippen LogP contribution >= 0.6 is 0 Å². The highest BCUT2D eigenvalue weighted by Gasteiger charge is 2.13. The lowest BCUT2D eigenvalue weighted by Crippen LogP contribution is -2.07. The Balaban J connectivity index is 2.61. The maximum absolute atomic E-state index is 10.9. The van der Waals surface area contributed by atoms with Crippen molar-refractivity contribution in [1.82, 2.24) is 4.98 Å². The smallest absolute Gasteiger partial charge is 0.295 e. The van der Waals surface area contributed by atoms with E-state index in [1.807, 2.05) is 0 Å². The number of hydrogen-bond acceptors (Lipinski definition) is 4. The number of nitro benzene ring substituents is 1. The summed E-state index contributed by atoms with van der Waals surface area (Å²) in [5.41, 5.74) is 0.193. The zero-order valence-corrected chi connectivity index (χ0v) is 9.01. The van der Waals surface area contributed by atoms with Crippen LogP contribution in [-0.4, -0.2) is 15.8 Å². The summed E-state index contributed by atoms with van der Waals surface area (Å²) in [6.45, 7) is 1.35. The van der Waals surface area contributed by atoms with Crippen molar-refractivity contribution in [2.75, 3.05) is 5.32 Å². The summed E-state index contributed by atoms with van der Waals surface area (Å²) in [5, 5.41) is 14.0. The highest BCUT2D eigenvalue weighted by atomic mass is 16.6. The van der Waals surface area contributed by atoms with Crippen LogP contribution in [-0.2, 0) is 4.79 Å². The lowest BCUT2D eigenvalue weighted by atomic mass is 10.2. The van der Waals surface area contributed by atoms with Gasteiger partial charge in [0.05, 0.1) is 4.92 Å². The zero-order chi connectivity index (χ0) is 12.4. The van der Waals surface area contributed by atoms with Crippen LogP contribution in [0.4, 0.5) is 11.5 Å². The second kappa shape index (κ2) is 4.17. The minimum absolute atomic E-state index is 0.0743. The van der Waals surface area contributed by atoms with Crippen LogP contribution < -0.4 is 5.32 Å². The average Bonchev–Trinajstić information content (AvgIpc) is 2.27. The number of non-ortho nitro benzene ring substituents is 1. The number of nitrogens with zero attached hydrogens (tertiary/aromatic N) is 2. The lowest BCUT2D eigenvalue weighted by Gasteiger charge is -2.03. The predicted molar refractivity (Wildman–Crippen MR) is 62.7 cm³/mol. The predicted octanol–water partition coefficient (Wildman–Crippen LogP) is 2.10. The molecule has 0 radical (unpaired) electrons. The van der Waals surface area contributed by atoms with Crippen molar-refractivity contribution in [3.05, 3.63) is 40.4 Å². The summed E-state index contributed by atoms with van der Waals surface area (Å²) in [6.07, 6.45) is 0. The Morgan fingerprint density at radius 2 is 2.12 bits per heavy atom. The molecule has 0 aliphatic carbocycles. The van der Waals surface area contributed by atoms with Crippen molar-refractivity contribution in [3.63, 3.8) is 0 Å². The first-order chi connectivity index (χ1) is 8.08. The topological polar surface area (TPSA) is 85.1 Å². The number of amides is 1. The Morgan fingerprint density at radius 3 is 2.76 bits per heavy atom. The fourth-order valence-electron chi connectivity index (χ4n) is 1.53. The molecule has 1 N–H and O–H groups in total. The van der Waals surface area contributed by atoms with E-state index in [0.717, 1.165) is 0 Å². The molecule has 17 heavy (non-hydrogen) atoms. The van der Waals surface area contributed by atoms with Gasteiger partial charge in [-0.15, -0.1) is 0 Å². The molecule has 6 nitrogen and oxygen atoms in total. The standard InChI is InChI=1S/C11H9N3O3/c1-7(15)12-10-6-5-8-3-2-4-9(14(16)17)11(8)13-10/h2-6H,1H3,(H,12,13,15). The highest BCUT2D eigenvalue weighted by molar-refractivity contribution is 5.92. The zero-order valence-electron chi connectivity index (χ0n) is 9.01. The molecular formula is C11H9N3O3. The monoisotopic (exact) mass is 231 g/mol. The third-order valence-electron chi connectivity index (χ3n) is 2.20. The minimum atomic E-state index is -0.493. The molecule has 0 saturated carbocycles. The largest absolute Gasteiger partial charge is 0.311 e. The maximum atomic E-state index is 10.9. The van der Waals surface area contributed by atoms with Crippen molar-refractivity contribution in [3.8, 4) is 0 Å². The summed E-state index contributed by atoms with van der Waals surface area (Å²) < 4.78 is 0. The molecule has 86 valence electrons. The quantitative estimate of drug-likeness (QED) is 0.633. The van der Waals surface area contributed by atoms with E-state index in [-0.39, 0.29) is 17.1 Å². The number of anilines is 1. The Bertz CT molecular complexity index is 610. The Morgan fingerprint density at radius 1 is 1.35 bits per heavy atom. The first kappa shape index (κ1) is 11.0. The number of pyridine rings is 1. The third kappa shape index (κ3) is 2.20. The van der Waals surface area contributed by atoms with E-state index in [4.69, 9.17) is 0 Å². The van der Waals surface area contributed by atoms with Gasteiger partial charge < -0.3 is 5.32 Å². The number of aromatic nitrogens is 1. The van der Waals surface area contributed by atoms with Crippen LogP contribution in [0.5, 0.6) is 0 Å². The number of fused-ring (bicyclic) bond motifs is 1. The van der Waals surface area contributed by atoms with E-state index in [1.165, 1.54) is 13.0 Å². The van der Waals surface area contributed by atoms with Gasteiger partial charge in [0, 0.05) is 18.4 Å². The van der Waals surface area contributed by atoms with Crippen molar-refractivity contribution in [2.45, 2.75) is 6.92 Å². The van der Waals surface area contributed by atoms with Gasteiger partial charge in [0.15, 0.2) is 5.52 Å². The van der Waals surface area contributed by atoms with Crippen molar-refractivity contribution < 1.29 is 9.72 Å². The number of nitro groups is 1. The molecule has 2 aromatic rings. The van der Waals surface area contributed by atoms with Crippen LogP contribution in [0.3, 0.4) is 0 Å². The van der Waals surface area contributed by atoms with Crippen LogP contribution in [0.15, 0.2) is 30.3 Å².